The summed E-state index contributed by atoms with van der Waals surface area (Å²) >= 11 is 3.29. The first-order valence-electron chi connectivity index (χ1n) is 4.78. The molecule has 0 fully saturated rings. The van der Waals surface area contributed by atoms with E-state index in [9.17, 15) is 9.18 Å². The van der Waals surface area contributed by atoms with E-state index in [0.29, 0.717) is 21.1 Å². The Morgan fingerprint density at radius 3 is 2.94 bits per heavy atom. The van der Waals surface area contributed by atoms with Crippen LogP contribution in [0.5, 0.6) is 0 Å². The second kappa shape index (κ2) is 4.67. The van der Waals surface area contributed by atoms with E-state index in [2.05, 4.69) is 26.2 Å². The van der Waals surface area contributed by atoms with Crippen molar-refractivity contribution >= 4 is 38.5 Å². The van der Waals surface area contributed by atoms with Crippen LogP contribution in [0.15, 0.2) is 28.9 Å². The average molecular weight is 299 g/mol. The number of nitrogens with zero attached hydrogens (tertiary/aromatic N) is 1. The highest BCUT2D eigenvalue weighted by Crippen LogP contribution is 2.30. The normalized spacial score (nSPS) is 10.5. The molecule has 0 aliphatic rings. The number of aromatic nitrogens is 1. The number of carbonyl (C=O) groups is 1. The van der Waals surface area contributed by atoms with Crippen molar-refractivity contribution in [1.82, 2.24) is 4.98 Å². The van der Waals surface area contributed by atoms with Crippen molar-refractivity contribution in [3.05, 3.63) is 34.7 Å². The molecule has 6 heteroatoms. The van der Waals surface area contributed by atoms with Crippen LogP contribution in [0.2, 0.25) is 0 Å². The summed E-state index contributed by atoms with van der Waals surface area (Å²) in [6.07, 6.45) is 1.43. The monoisotopic (exact) mass is 298 g/mol. The Balaban J connectivity index is 2.56. The number of hydrogen-bond acceptors (Lipinski definition) is 3. The summed E-state index contributed by atoms with van der Waals surface area (Å²) in [5, 5.41) is 12.2. The lowest BCUT2D eigenvalue weighted by atomic mass is 10.1. The van der Waals surface area contributed by atoms with Crippen molar-refractivity contribution in [2.45, 2.75) is 0 Å². The van der Waals surface area contributed by atoms with Gasteiger partial charge in [-0.3, -0.25) is 4.79 Å². The van der Waals surface area contributed by atoms with Gasteiger partial charge in [0, 0.05) is 21.4 Å². The number of nitrogens with one attached hydrogen (secondary N) is 1. The lowest BCUT2D eigenvalue weighted by Crippen LogP contribution is -2.13. The van der Waals surface area contributed by atoms with Crippen molar-refractivity contribution in [2.24, 2.45) is 0 Å². The molecule has 1 aromatic carbocycles. The Bertz CT molecular complexity index is 589. The molecule has 0 radical (unpaired) electrons. The van der Waals surface area contributed by atoms with Crippen LogP contribution >= 0.6 is 15.9 Å². The van der Waals surface area contributed by atoms with Gasteiger partial charge in [0.05, 0.1) is 0 Å². The van der Waals surface area contributed by atoms with Gasteiger partial charge in [-0.25, -0.2) is 9.37 Å². The van der Waals surface area contributed by atoms with E-state index >= 15 is 0 Å². The molecule has 0 saturated heterocycles. The predicted octanol–water partition coefficient (Wildman–Crippen LogP) is 2.63. The summed E-state index contributed by atoms with van der Waals surface area (Å²) in [7, 11) is 0. The first-order chi connectivity index (χ1) is 8.09. The van der Waals surface area contributed by atoms with Crippen LogP contribution in [0, 0.1) is 5.82 Å². The first kappa shape index (κ1) is 11.8. The van der Waals surface area contributed by atoms with Crippen LogP contribution in [0.4, 0.5) is 10.2 Å². The third-order valence-corrected chi connectivity index (χ3v) is 2.89. The molecule has 2 N–H and O–H groups in total. The molecule has 0 saturated carbocycles. The smallest absolute Gasteiger partial charge is 0.322 e. The van der Waals surface area contributed by atoms with Crippen LogP contribution in [0.3, 0.4) is 0 Å². The minimum atomic E-state index is -1.00. The summed E-state index contributed by atoms with van der Waals surface area (Å²) in [6, 6.07) is 4.44. The summed E-state index contributed by atoms with van der Waals surface area (Å²) in [6.45, 7) is -0.269. The molecular weight excluding hydrogens is 291 g/mol. The van der Waals surface area contributed by atoms with E-state index in [0.717, 1.165) is 0 Å². The molecule has 0 aliphatic heterocycles. The van der Waals surface area contributed by atoms with Gasteiger partial charge in [-0.15, -0.1) is 0 Å². The molecule has 0 atom stereocenters. The van der Waals surface area contributed by atoms with Crippen molar-refractivity contribution in [3.8, 4) is 0 Å². The highest BCUT2D eigenvalue weighted by Gasteiger charge is 2.10. The minimum absolute atomic E-state index is 0.269. The van der Waals surface area contributed by atoms with Crippen LogP contribution in [-0.4, -0.2) is 22.6 Å². The van der Waals surface area contributed by atoms with Crippen molar-refractivity contribution in [3.63, 3.8) is 0 Å². The molecule has 88 valence electrons. The molecule has 0 unspecified atom stereocenters. The van der Waals surface area contributed by atoms with Crippen LogP contribution in [-0.2, 0) is 4.79 Å². The fourth-order valence-corrected chi connectivity index (χ4v) is 2.05. The molecule has 2 rings (SSSR count). The predicted molar refractivity (Wildman–Crippen MR) is 65.5 cm³/mol. The SMILES string of the molecule is O=C(O)CNc1nccc2c(F)ccc(Br)c12. The fraction of sp³-hybridized carbons (Fsp3) is 0.0909. The molecular formula is C11H8BrFN2O2. The number of halogens is 2. The van der Waals surface area contributed by atoms with Crippen LogP contribution in [0.25, 0.3) is 10.8 Å². The maximum atomic E-state index is 13.6. The van der Waals surface area contributed by atoms with Gasteiger partial charge in [-0.05, 0) is 18.2 Å². The Kier molecular flexibility index (Phi) is 3.23. The van der Waals surface area contributed by atoms with E-state index in [1.165, 1.54) is 12.3 Å². The zero-order valence-electron chi connectivity index (χ0n) is 8.58. The van der Waals surface area contributed by atoms with Gasteiger partial charge in [0.2, 0.25) is 0 Å². The minimum Gasteiger partial charge on any atom is -0.480 e. The van der Waals surface area contributed by atoms with Crippen LogP contribution < -0.4 is 5.32 Å². The summed E-state index contributed by atoms with van der Waals surface area (Å²) < 4.78 is 14.2. The standard InChI is InChI=1S/C11H8BrFN2O2/c12-7-1-2-8(13)6-3-4-14-11(10(6)7)15-5-9(16)17/h1-4H,5H2,(H,14,15)(H,16,17). The fourth-order valence-electron chi connectivity index (χ4n) is 1.52. The molecule has 0 amide bonds. The van der Waals surface area contributed by atoms with Crippen molar-refractivity contribution in [1.29, 1.82) is 0 Å². The lowest BCUT2D eigenvalue weighted by Gasteiger charge is -2.08. The number of hydrogen-bond donors (Lipinski definition) is 2. The number of fused-ring (bicyclic) bond motifs is 1. The summed E-state index contributed by atoms with van der Waals surface area (Å²) in [5.41, 5.74) is 0. The maximum Gasteiger partial charge on any atom is 0.322 e. The molecule has 1 aromatic heterocycles. The van der Waals surface area contributed by atoms with Gasteiger partial charge in [0.1, 0.15) is 18.2 Å². The average Bonchev–Trinajstić information content (AvgIpc) is 2.31. The molecule has 0 spiro atoms. The Labute approximate surface area is 105 Å². The van der Waals surface area contributed by atoms with Gasteiger partial charge in [-0.2, -0.15) is 0 Å². The highest BCUT2D eigenvalue weighted by atomic mass is 79.9. The second-order valence-electron chi connectivity index (χ2n) is 3.36. The summed E-state index contributed by atoms with van der Waals surface area (Å²) in [4.78, 5) is 14.5. The van der Waals surface area contributed by atoms with Crippen LogP contribution in [0.1, 0.15) is 0 Å². The number of carboxylic acids is 1. The molecule has 2 aromatic rings. The number of aliphatic carboxylic acids is 1. The molecule has 17 heavy (non-hydrogen) atoms. The number of benzene rings is 1. The van der Waals surface area contributed by atoms with E-state index in [-0.39, 0.29) is 12.4 Å². The quantitative estimate of drug-likeness (QED) is 0.914. The maximum absolute atomic E-state index is 13.6. The van der Waals surface area contributed by atoms with Gasteiger partial charge in [0.15, 0.2) is 0 Å². The van der Waals surface area contributed by atoms with Gasteiger partial charge in [0.25, 0.3) is 0 Å². The number of anilines is 1. The number of pyridine rings is 1. The third-order valence-electron chi connectivity index (χ3n) is 2.23. The second-order valence-corrected chi connectivity index (χ2v) is 4.21. The first-order valence-corrected chi connectivity index (χ1v) is 5.57. The largest absolute Gasteiger partial charge is 0.480 e. The zero-order valence-corrected chi connectivity index (χ0v) is 10.2. The lowest BCUT2D eigenvalue weighted by molar-refractivity contribution is -0.134. The highest BCUT2D eigenvalue weighted by molar-refractivity contribution is 9.10. The van der Waals surface area contributed by atoms with Crippen molar-refractivity contribution in [2.75, 3.05) is 11.9 Å². The molecule has 1 heterocycles. The van der Waals surface area contributed by atoms with Gasteiger partial charge >= 0.3 is 5.97 Å². The Morgan fingerprint density at radius 1 is 1.47 bits per heavy atom. The van der Waals surface area contributed by atoms with E-state index in [1.807, 2.05) is 0 Å². The van der Waals surface area contributed by atoms with E-state index in [4.69, 9.17) is 5.11 Å². The molecule has 0 bridgehead atoms. The number of rotatable bonds is 3. The molecule has 0 aliphatic carbocycles. The van der Waals surface area contributed by atoms with E-state index < -0.39 is 5.97 Å². The third kappa shape index (κ3) is 2.36. The van der Waals surface area contributed by atoms with Crippen molar-refractivity contribution < 1.29 is 14.3 Å². The molecule has 4 nitrogen and oxygen atoms in total. The zero-order chi connectivity index (χ0) is 12.4. The van der Waals surface area contributed by atoms with Gasteiger partial charge < -0.3 is 10.4 Å². The number of carboxylic acid groups (broad SMARTS) is 1. The summed E-state index contributed by atoms with van der Waals surface area (Å²) in [5.74, 6) is -1.03. The van der Waals surface area contributed by atoms with E-state index in [1.54, 1.807) is 12.1 Å². The van der Waals surface area contributed by atoms with Gasteiger partial charge in [-0.1, -0.05) is 15.9 Å². The Hall–Kier alpha value is -1.69. The topological polar surface area (TPSA) is 62.2 Å². The Morgan fingerprint density at radius 2 is 2.24 bits per heavy atom.